The Morgan fingerprint density at radius 3 is 2.50 bits per heavy atom. The molecule has 1 heterocycles. The molecule has 3 rings (SSSR count). The standard InChI is InChI=1S/C21H22ClF2N3O3/c1-4-13-8-18(29-2)19(30-3)9-17(13)25-21-26-20(28)16(24)11-27(21)10-12-5-6-15(23)14(22)7-12/h5-9,11,13,17H,4,10H2,1-3H3,(H,25,26,28). The molecule has 0 amide bonds. The van der Waals surface area contributed by atoms with E-state index in [1.807, 2.05) is 19.1 Å². The second-order valence-corrected chi connectivity index (χ2v) is 7.21. The highest BCUT2D eigenvalue weighted by Gasteiger charge is 2.26. The van der Waals surface area contributed by atoms with Crippen LogP contribution in [0.2, 0.25) is 5.02 Å². The van der Waals surface area contributed by atoms with Gasteiger partial charge >= 0.3 is 5.56 Å². The topological polar surface area (TPSA) is 65.4 Å². The molecule has 1 aromatic carbocycles. The number of ether oxygens (including phenoxy) is 2. The van der Waals surface area contributed by atoms with Crippen molar-refractivity contribution in [3.8, 4) is 0 Å². The van der Waals surface area contributed by atoms with Crippen LogP contribution >= 0.6 is 11.6 Å². The van der Waals surface area contributed by atoms with Crippen molar-refractivity contribution in [2.45, 2.75) is 25.9 Å². The van der Waals surface area contributed by atoms with Gasteiger partial charge in [0.1, 0.15) is 5.82 Å². The largest absolute Gasteiger partial charge is 0.493 e. The van der Waals surface area contributed by atoms with E-state index in [-0.39, 0.29) is 29.5 Å². The molecule has 0 bridgehead atoms. The van der Waals surface area contributed by atoms with Crippen molar-refractivity contribution < 1.29 is 18.3 Å². The van der Waals surface area contributed by atoms with E-state index >= 15 is 0 Å². The lowest BCUT2D eigenvalue weighted by Crippen LogP contribution is -2.33. The van der Waals surface area contributed by atoms with Crippen molar-refractivity contribution in [3.63, 3.8) is 0 Å². The third-order valence-corrected chi connectivity index (χ3v) is 5.19. The third-order valence-electron chi connectivity index (χ3n) is 4.90. The van der Waals surface area contributed by atoms with Gasteiger partial charge in [0.2, 0.25) is 11.8 Å². The van der Waals surface area contributed by atoms with Crippen molar-refractivity contribution in [3.05, 3.63) is 80.6 Å². The van der Waals surface area contributed by atoms with Gasteiger partial charge in [-0.05, 0) is 36.3 Å². The van der Waals surface area contributed by atoms with E-state index in [2.05, 4.69) is 10.3 Å². The molecule has 2 aromatic rings. The maximum atomic E-state index is 14.0. The number of hydrogen-bond acceptors (Lipinski definition) is 5. The fourth-order valence-corrected chi connectivity index (χ4v) is 3.50. The van der Waals surface area contributed by atoms with Crippen LogP contribution in [0.3, 0.4) is 0 Å². The van der Waals surface area contributed by atoms with Crippen molar-refractivity contribution in [2.75, 3.05) is 19.5 Å². The molecule has 0 saturated heterocycles. The summed E-state index contributed by atoms with van der Waals surface area (Å²) in [5, 5.41) is 3.15. The van der Waals surface area contributed by atoms with Crippen LogP contribution in [0, 0.1) is 17.6 Å². The summed E-state index contributed by atoms with van der Waals surface area (Å²) in [6.07, 6.45) is 5.61. The van der Waals surface area contributed by atoms with Gasteiger partial charge in [-0.1, -0.05) is 24.6 Å². The number of hydrogen-bond donors (Lipinski definition) is 1. The summed E-state index contributed by atoms with van der Waals surface area (Å²) in [7, 11) is 3.10. The van der Waals surface area contributed by atoms with Gasteiger partial charge in [0.05, 0.1) is 31.8 Å². The Kier molecular flexibility index (Phi) is 6.77. The lowest BCUT2D eigenvalue weighted by Gasteiger charge is -2.29. The Morgan fingerprint density at radius 1 is 1.17 bits per heavy atom. The van der Waals surface area contributed by atoms with Crippen LogP contribution in [0.1, 0.15) is 18.9 Å². The van der Waals surface area contributed by atoms with Crippen molar-refractivity contribution in [2.24, 2.45) is 5.92 Å². The second kappa shape index (κ2) is 9.30. The van der Waals surface area contributed by atoms with Crippen LogP contribution < -0.4 is 10.9 Å². The minimum atomic E-state index is -0.987. The Balaban J connectivity index is 1.96. The Bertz CT molecular complexity index is 1050. The first-order valence-electron chi connectivity index (χ1n) is 9.35. The molecule has 0 saturated carbocycles. The molecular formula is C21H22ClF2N3O3. The summed E-state index contributed by atoms with van der Waals surface area (Å²) in [6.45, 7) is 2.15. The van der Waals surface area contributed by atoms with E-state index in [1.54, 1.807) is 7.11 Å². The lowest BCUT2D eigenvalue weighted by molar-refractivity contribution is 0.210. The van der Waals surface area contributed by atoms with Gasteiger partial charge in [-0.15, -0.1) is 0 Å². The SMILES string of the molecule is CCC1C=C(OC)C(OC)=CC1Nc1nc(=O)c(F)cn1Cc1ccc(F)c(Cl)c1. The normalized spacial score (nSPS) is 18.5. The number of rotatable bonds is 7. The third kappa shape index (κ3) is 4.64. The van der Waals surface area contributed by atoms with Crippen molar-refractivity contribution in [1.82, 2.24) is 9.55 Å². The van der Waals surface area contributed by atoms with E-state index in [9.17, 15) is 13.6 Å². The molecule has 0 aliphatic heterocycles. The van der Waals surface area contributed by atoms with Crippen LogP contribution in [-0.2, 0) is 16.0 Å². The zero-order valence-electron chi connectivity index (χ0n) is 16.8. The van der Waals surface area contributed by atoms with Gasteiger partial charge in [0, 0.05) is 12.1 Å². The number of benzene rings is 1. The first-order valence-corrected chi connectivity index (χ1v) is 9.73. The van der Waals surface area contributed by atoms with Crippen LogP contribution in [0.5, 0.6) is 0 Å². The minimum absolute atomic E-state index is 0.0227. The highest BCUT2D eigenvalue weighted by atomic mass is 35.5. The molecule has 1 N–H and O–H groups in total. The number of halogens is 3. The maximum absolute atomic E-state index is 14.0. The zero-order valence-corrected chi connectivity index (χ0v) is 17.5. The molecule has 160 valence electrons. The average molecular weight is 438 g/mol. The summed E-state index contributed by atoms with van der Waals surface area (Å²) in [5.74, 6) is -0.178. The fraction of sp³-hybridized carbons (Fsp3) is 0.333. The molecule has 0 fully saturated rings. The quantitative estimate of drug-likeness (QED) is 0.706. The summed E-state index contributed by atoms with van der Waals surface area (Å²) in [5.41, 5.74) is -0.349. The maximum Gasteiger partial charge on any atom is 0.310 e. The monoisotopic (exact) mass is 437 g/mol. The van der Waals surface area contributed by atoms with Gasteiger partial charge in [-0.3, -0.25) is 4.79 Å². The molecule has 2 atom stereocenters. The molecule has 9 heteroatoms. The summed E-state index contributed by atoms with van der Waals surface area (Å²) >= 11 is 5.85. The number of nitrogens with zero attached hydrogens (tertiary/aromatic N) is 2. The predicted molar refractivity (Wildman–Crippen MR) is 110 cm³/mol. The Labute approximate surface area is 177 Å². The second-order valence-electron chi connectivity index (χ2n) is 6.81. The first kappa shape index (κ1) is 21.8. The van der Waals surface area contributed by atoms with E-state index in [4.69, 9.17) is 21.1 Å². The smallest absolute Gasteiger partial charge is 0.310 e. The molecule has 6 nitrogen and oxygen atoms in total. The van der Waals surface area contributed by atoms with Gasteiger partial charge in [0.25, 0.3) is 0 Å². The van der Waals surface area contributed by atoms with Crippen LogP contribution in [0.15, 0.2) is 52.9 Å². The number of anilines is 1. The fourth-order valence-electron chi connectivity index (χ4n) is 3.29. The number of methoxy groups -OCH3 is 2. The molecule has 0 spiro atoms. The number of nitrogens with one attached hydrogen (secondary N) is 1. The molecule has 0 radical (unpaired) electrons. The summed E-state index contributed by atoms with van der Waals surface area (Å²) in [6, 6.07) is 3.94. The van der Waals surface area contributed by atoms with Crippen molar-refractivity contribution >= 4 is 17.5 Å². The Morgan fingerprint density at radius 2 is 1.87 bits per heavy atom. The van der Waals surface area contributed by atoms with Crippen LogP contribution in [0.4, 0.5) is 14.7 Å². The Hall–Kier alpha value is -2.87. The van der Waals surface area contributed by atoms with Crippen LogP contribution in [0.25, 0.3) is 0 Å². The van der Waals surface area contributed by atoms with Crippen molar-refractivity contribution in [1.29, 1.82) is 0 Å². The average Bonchev–Trinajstić information content (AvgIpc) is 2.73. The molecule has 1 aliphatic carbocycles. The molecule has 1 aliphatic rings. The van der Waals surface area contributed by atoms with Gasteiger partial charge in [-0.2, -0.15) is 9.37 Å². The molecule has 2 unspecified atom stereocenters. The molecular weight excluding hydrogens is 416 g/mol. The molecule has 30 heavy (non-hydrogen) atoms. The summed E-state index contributed by atoms with van der Waals surface area (Å²) < 4.78 is 39.6. The molecule has 1 aromatic heterocycles. The van der Waals surface area contributed by atoms with Gasteiger partial charge < -0.3 is 19.4 Å². The highest BCUT2D eigenvalue weighted by molar-refractivity contribution is 6.30. The predicted octanol–water partition coefficient (Wildman–Crippen LogP) is 4.10. The van der Waals surface area contributed by atoms with E-state index in [1.165, 1.54) is 29.9 Å². The highest BCUT2D eigenvalue weighted by Crippen LogP contribution is 2.28. The van der Waals surface area contributed by atoms with E-state index in [0.717, 1.165) is 12.6 Å². The minimum Gasteiger partial charge on any atom is -0.493 e. The summed E-state index contributed by atoms with van der Waals surface area (Å²) in [4.78, 5) is 15.7. The van der Waals surface area contributed by atoms with E-state index < -0.39 is 17.2 Å². The van der Waals surface area contributed by atoms with Gasteiger partial charge in [0.15, 0.2) is 11.5 Å². The zero-order chi connectivity index (χ0) is 21.8. The lowest BCUT2D eigenvalue weighted by atomic mass is 9.91. The van der Waals surface area contributed by atoms with Crippen LogP contribution in [-0.4, -0.2) is 29.8 Å². The number of aromatic nitrogens is 2. The first-order chi connectivity index (χ1) is 14.4. The van der Waals surface area contributed by atoms with Gasteiger partial charge in [-0.25, -0.2) is 4.39 Å². The van der Waals surface area contributed by atoms with E-state index in [0.29, 0.717) is 17.1 Å².